The van der Waals surface area contributed by atoms with Crippen molar-refractivity contribution >= 4 is 11.8 Å². The number of Topliss-reactive ketones (excluding diaryl/α,β-unsaturated/α-hetero) is 1. The zero-order valence-corrected chi connectivity index (χ0v) is 7.95. The molecule has 0 aromatic carbocycles. The van der Waals surface area contributed by atoms with E-state index in [4.69, 9.17) is 15.3 Å². The lowest BCUT2D eigenvalue weighted by molar-refractivity contribution is -0.170. The van der Waals surface area contributed by atoms with Gasteiger partial charge in [-0.15, -0.1) is 0 Å². The van der Waals surface area contributed by atoms with Gasteiger partial charge in [-0.05, 0) is 0 Å². The first-order valence-corrected chi connectivity index (χ1v) is 4.19. The lowest BCUT2D eigenvalue weighted by Gasteiger charge is -2.28. The SMILES string of the molecule is O=C1O[C@H]([C@@](O)(CO)C(=O)CO)C(O)=C1O. The van der Waals surface area contributed by atoms with Crippen LogP contribution in [0.1, 0.15) is 0 Å². The number of ketones is 1. The van der Waals surface area contributed by atoms with E-state index in [1.165, 1.54) is 0 Å². The Kier molecular flexibility index (Phi) is 3.17. The number of aliphatic hydroxyl groups excluding tert-OH is 4. The van der Waals surface area contributed by atoms with E-state index in [9.17, 15) is 19.8 Å². The van der Waals surface area contributed by atoms with Gasteiger partial charge in [0.05, 0.1) is 6.61 Å². The molecule has 0 fully saturated rings. The van der Waals surface area contributed by atoms with Crippen LogP contribution in [0.25, 0.3) is 0 Å². The van der Waals surface area contributed by atoms with E-state index in [1.807, 2.05) is 0 Å². The summed E-state index contributed by atoms with van der Waals surface area (Å²) in [5.74, 6) is -4.81. The molecule has 1 aliphatic rings. The highest BCUT2D eigenvalue weighted by Gasteiger charge is 2.52. The van der Waals surface area contributed by atoms with Crippen molar-refractivity contribution in [2.24, 2.45) is 0 Å². The van der Waals surface area contributed by atoms with Crippen LogP contribution >= 0.6 is 0 Å². The number of cyclic esters (lactones) is 1. The summed E-state index contributed by atoms with van der Waals surface area (Å²) in [7, 11) is 0. The van der Waals surface area contributed by atoms with Gasteiger partial charge in [-0.25, -0.2) is 4.79 Å². The molecule has 1 rings (SSSR count). The van der Waals surface area contributed by atoms with Crippen molar-refractivity contribution in [2.45, 2.75) is 11.7 Å². The minimum atomic E-state index is -2.68. The Morgan fingerprint density at radius 1 is 1.38 bits per heavy atom. The van der Waals surface area contributed by atoms with E-state index >= 15 is 0 Å². The van der Waals surface area contributed by atoms with E-state index in [1.54, 1.807) is 0 Å². The maximum Gasteiger partial charge on any atom is 0.378 e. The van der Waals surface area contributed by atoms with Gasteiger partial charge in [0.15, 0.2) is 17.1 Å². The molecule has 0 aliphatic carbocycles. The van der Waals surface area contributed by atoms with Crippen LogP contribution < -0.4 is 0 Å². The minimum Gasteiger partial charge on any atom is -0.505 e. The molecule has 0 unspecified atom stereocenters. The maximum atomic E-state index is 11.1. The van der Waals surface area contributed by atoms with Crippen LogP contribution in [0.2, 0.25) is 0 Å². The Morgan fingerprint density at radius 3 is 2.25 bits per heavy atom. The van der Waals surface area contributed by atoms with Crippen LogP contribution in [0.4, 0.5) is 0 Å². The number of esters is 1. The summed E-state index contributed by atoms with van der Waals surface area (Å²) in [6.45, 7) is -2.32. The molecule has 0 bridgehead atoms. The molecule has 2 atom stereocenters. The first-order chi connectivity index (χ1) is 7.38. The molecular weight excluding hydrogens is 224 g/mol. The molecule has 0 radical (unpaired) electrons. The number of rotatable bonds is 4. The van der Waals surface area contributed by atoms with Gasteiger partial charge >= 0.3 is 5.97 Å². The Bertz CT molecular complexity index is 359. The van der Waals surface area contributed by atoms with Crippen LogP contribution in [0.15, 0.2) is 11.5 Å². The average molecular weight is 234 g/mol. The summed E-state index contributed by atoms with van der Waals surface area (Å²) >= 11 is 0. The Morgan fingerprint density at radius 2 is 1.94 bits per heavy atom. The number of hydrogen-bond donors (Lipinski definition) is 5. The van der Waals surface area contributed by atoms with E-state index in [0.29, 0.717) is 0 Å². The van der Waals surface area contributed by atoms with Gasteiger partial charge in [0, 0.05) is 0 Å². The molecule has 5 N–H and O–H groups in total. The molecule has 8 nitrogen and oxygen atoms in total. The molecular formula is C8H10O8. The van der Waals surface area contributed by atoms with Crippen LogP contribution in [0, 0.1) is 0 Å². The lowest BCUT2D eigenvalue weighted by Crippen LogP contribution is -2.54. The zero-order chi connectivity index (χ0) is 12.5. The number of aliphatic hydroxyl groups is 5. The molecule has 0 aromatic rings. The van der Waals surface area contributed by atoms with Crippen molar-refractivity contribution in [3.05, 3.63) is 11.5 Å². The second kappa shape index (κ2) is 4.08. The van der Waals surface area contributed by atoms with Gasteiger partial charge in [0.25, 0.3) is 0 Å². The quantitative estimate of drug-likeness (QED) is 0.336. The van der Waals surface area contributed by atoms with Gasteiger partial charge in [0.1, 0.15) is 6.61 Å². The van der Waals surface area contributed by atoms with Crippen molar-refractivity contribution in [1.29, 1.82) is 0 Å². The molecule has 0 aromatic heterocycles. The smallest absolute Gasteiger partial charge is 0.378 e. The number of carbonyl (C=O) groups excluding carboxylic acids is 2. The molecule has 0 saturated heterocycles. The van der Waals surface area contributed by atoms with E-state index in [0.717, 1.165) is 0 Å². The molecule has 1 heterocycles. The van der Waals surface area contributed by atoms with Gasteiger partial charge < -0.3 is 30.3 Å². The van der Waals surface area contributed by atoms with Gasteiger partial charge in [0.2, 0.25) is 11.9 Å². The second-order valence-corrected chi connectivity index (χ2v) is 3.18. The first kappa shape index (κ1) is 12.4. The maximum absolute atomic E-state index is 11.1. The molecule has 0 spiro atoms. The summed E-state index contributed by atoms with van der Waals surface area (Å²) < 4.78 is 4.31. The second-order valence-electron chi connectivity index (χ2n) is 3.18. The molecule has 1 aliphatic heterocycles. The number of carbonyl (C=O) groups is 2. The summed E-state index contributed by atoms with van der Waals surface area (Å²) in [5.41, 5.74) is -2.68. The molecule has 16 heavy (non-hydrogen) atoms. The zero-order valence-electron chi connectivity index (χ0n) is 7.95. The van der Waals surface area contributed by atoms with E-state index in [2.05, 4.69) is 4.74 Å². The third-order valence-corrected chi connectivity index (χ3v) is 2.21. The molecule has 0 saturated carbocycles. The predicted octanol–water partition coefficient (Wildman–Crippen LogP) is -2.48. The highest BCUT2D eigenvalue weighted by Crippen LogP contribution is 2.28. The number of ether oxygens (including phenoxy) is 1. The van der Waals surface area contributed by atoms with Crippen molar-refractivity contribution in [2.75, 3.05) is 13.2 Å². The van der Waals surface area contributed by atoms with Gasteiger partial charge in [-0.2, -0.15) is 0 Å². The highest BCUT2D eigenvalue weighted by atomic mass is 16.6. The Balaban J connectivity index is 3.10. The highest BCUT2D eigenvalue weighted by molar-refractivity contribution is 5.94. The van der Waals surface area contributed by atoms with Crippen LogP contribution in [-0.4, -0.2) is 62.2 Å². The van der Waals surface area contributed by atoms with E-state index < -0.39 is 48.2 Å². The summed E-state index contributed by atoms with van der Waals surface area (Å²) in [5, 5.41) is 45.2. The van der Waals surface area contributed by atoms with E-state index in [-0.39, 0.29) is 0 Å². The van der Waals surface area contributed by atoms with Crippen molar-refractivity contribution in [1.82, 2.24) is 0 Å². The van der Waals surface area contributed by atoms with Crippen molar-refractivity contribution in [3.8, 4) is 0 Å². The Labute approximate surface area is 89.0 Å². The van der Waals surface area contributed by atoms with Crippen molar-refractivity contribution < 1.29 is 39.9 Å². The van der Waals surface area contributed by atoms with Crippen LogP contribution in [0.5, 0.6) is 0 Å². The van der Waals surface area contributed by atoms with Gasteiger partial charge in [-0.1, -0.05) is 0 Å². The molecule has 8 heteroatoms. The summed E-state index contributed by atoms with van der Waals surface area (Å²) in [4.78, 5) is 22.0. The predicted molar refractivity (Wildman–Crippen MR) is 46.3 cm³/mol. The van der Waals surface area contributed by atoms with Crippen LogP contribution in [0.3, 0.4) is 0 Å². The fraction of sp³-hybridized carbons (Fsp3) is 0.500. The Hall–Kier alpha value is -1.64. The largest absolute Gasteiger partial charge is 0.505 e. The minimum absolute atomic E-state index is 1.07. The molecule has 0 amide bonds. The number of hydrogen-bond acceptors (Lipinski definition) is 8. The summed E-state index contributed by atoms with van der Waals surface area (Å²) in [6.07, 6.45) is -1.93. The third-order valence-electron chi connectivity index (χ3n) is 2.21. The van der Waals surface area contributed by atoms with Crippen LogP contribution in [-0.2, 0) is 14.3 Å². The summed E-state index contributed by atoms with van der Waals surface area (Å²) in [6, 6.07) is 0. The topological polar surface area (TPSA) is 145 Å². The average Bonchev–Trinajstić information content (AvgIpc) is 2.55. The molecule has 90 valence electrons. The normalized spacial score (nSPS) is 24.2. The fourth-order valence-electron chi connectivity index (χ4n) is 1.23. The monoisotopic (exact) mass is 234 g/mol. The fourth-order valence-corrected chi connectivity index (χ4v) is 1.23. The standard InChI is InChI=1S/C8H10O8/c9-1-3(11)8(15,2-10)6-4(12)5(13)7(14)16-6/h6,9-10,12-13,15H,1-2H2/t6-,8+/m0/s1. The third kappa shape index (κ3) is 1.62. The first-order valence-electron chi connectivity index (χ1n) is 4.19. The lowest BCUT2D eigenvalue weighted by atomic mass is 9.91. The van der Waals surface area contributed by atoms with Gasteiger partial charge in [-0.3, -0.25) is 4.79 Å². The van der Waals surface area contributed by atoms with Crippen molar-refractivity contribution in [3.63, 3.8) is 0 Å².